The van der Waals surface area contributed by atoms with Gasteiger partial charge in [-0.05, 0) is 66.4 Å². The zero-order chi connectivity index (χ0) is 15.2. The number of hydrogen-bond donors (Lipinski definition) is 1. The molecular formula is C17H20INO2. The fraction of sp³-hybridized carbons (Fsp3) is 0.294. The summed E-state index contributed by atoms with van der Waals surface area (Å²) in [7, 11) is 1.69. The molecule has 0 radical (unpaired) electrons. The summed E-state index contributed by atoms with van der Waals surface area (Å²) >= 11 is 2.28. The molecule has 0 aliphatic rings. The van der Waals surface area contributed by atoms with Crippen molar-refractivity contribution in [3.8, 4) is 17.2 Å². The largest absolute Gasteiger partial charge is 0.496 e. The van der Waals surface area contributed by atoms with Gasteiger partial charge in [0.1, 0.15) is 17.2 Å². The molecule has 2 rings (SSSR count). The van der Waals surface area contributed by atoms with Crippen molar-refractivity contribution in [3.63, 3.8) is 0 Å². The third kappa shape index (κ3) is 4.11. The van der Waals surface area contributed by atoms with Gasteiger partial charge in [0.05, 0.1) is 12.7 Å². The molecule has 2 aromatic rings. The number of ether oxygens (including phenoxy) is 2. The summed E-state index contributed by atoms with van der Waals surface area (Å²) in [6.07, 6.45) is 0. The van der Waals surface area contributed by atoms with E-state index in [1.807, 2.05) is 42.5 Å². The predicted molar refractivity (Wildman–Crippen MR) is 94.3 cm³/mol. The summed E-state index contributed by atoms with van der Waals surface area (Å²) in [5, 5.41) is 3.41. The van der Waals surface area contributed by atoms with Gasteiger partial charge in [0.25, 0.3) is 0 Å². The topological polar surface area (TPSA) is 30.5 Å². The molecule has 1 atom stereocenters. The second-order valence-corrected chi connectivity index (χ2v) is 5.96. The molecular weight excluding hydrogens is 377 g/mol. The van der Waals surface area contributed by atoms with Gasteiger partial charge in [-0.15, -0.1) is 0 Å². The smallest absolute Gasteiger partial charge is 0.135 e. The fourth-order valence-electron chi connectivity index (χ4n) is 2.28. The highest BCUT2D eigenvalue weighted by atomic mass is 127. The number of benzene rings is 2. The average molecular weight is 397 g/mol. The molecule has 112 valence electrons. The fourth-order valence-corrected chi connectivity index (χ4v) is 2.80. The second-order valence-electron chi connectivity index (χ2n) is 4.71. The third-order valence-corrected chi connectivity index (χ3v) is 3.88. The van der Waals surface area contributed by atoms with Gasteiger partial charge in [0, 0.05) is 9.61 Å². The number of rotatable bonds is 6. The summed E-state index contributed by atoms with van der Waals surface area (Å²) in [5.74, 6) is 2.50. The molecule has 0 amide bonds. The van der Waals surface area contributed by atoms with Crippen LogP contribution in [0.15, 0.2) is 42.5 Å². The van der Waals surface area contributed by atoms with E-state index in [1.54, 1.807) is 7.11 Å². The number of hydrogen-bond acceptors (Lipinski definition) is 3. The van der Waals surface area contributed by atoms with Crippen molar-refractivity contribution in [3.05, 3.63) is 51.6 Å². The molecule has 0 heterocycles. The van der Waals surface area contributed by atoms with Crippen LogP contribution >= 0.6 is 22.6 Å². The Morgan fingerprint density at radius 2 is 1.86 bits per heavy atom. The summed E-state index contributed by atoms with van der Waals surface area (Å²) in [6.45, 7) is 5.09. The summed E-state index contributed by atoms with van der Waals surface area (Å²) in [5.41, 5.74) is 1.04. The molecule has 2 aromatic carbocycles. The van der Waals surface area contributed by atoms with Crippen molar-refractivity contribution in [2.75, 3.05) is 13.7 Å². The van der Waals surface area contributed by atoms with Gasteiger partial charge >= 0.3 is 0 Å². The summed E-state index contributed by atoms with van der Waals surface area (Å²) in [6, 6.07) is 14.1. The van der Waals surface area contributed by atoms with Crippen LogP contribution in [0, 0.1) is 3.57 Å². The van der Waals surface area contributed by atoms with Gasteiger partial charge in [-0.2, -0.15) is 0 Å². The molecule has 1 unspecified atom stereocenters. The summed E-state index contributed by atoms with van der Waals surface area (Å²) in [4.78, 5) is 0. The monoisotopic (exact) mass is 397 g/mol. The molecule has 0 aromatic heterocycles. The van der Waals surface area contributed by atoms with E-state index in [0.717, 1.165) is 32.9 Å². The molecule has 0 saturated carbocycles. The van der Waals surface area contributed by atoms with Crippen molar-refractivity contribution in [2.24, 2.45) is 0 Å². The maximum atomic E-state index is 6.08. The van der Waals surface area contributed by atoms with E-state index in [0.29, 0.717) is 0 Å². The van der Waals surface area contributed by atoms with Crippen molar-refractivity contribution in [1.29, 1.82) is 0 Å². The van der Waals surface area contributed by atoms with Gasteiger partial charge in [-0.25, -0.2) is 0 Å². The van der Waals surface area contributed by atoms with Crippen molar-refractivity contribution >= 4 is 22.6 Å². The molecule has 0 bridgehead atoms. The quantitative estimate of drug-likeness (QED) is 0.713. The molecule has 4 heteroatoms. The lowest BCUT2D eigenvalue weighted by atomic mass is 10.1. The molecule has 0 saturated heterocycles. The van der Waals surface area contributed by atoms with Crippen LogP contribution in [0.5, 0.6) is 17.2 Å². The van der Waals surface area contributed by atoms with E-state index in [9.17, 15) is 0 Å². The van der Waals surface area contributed by atoms with Crippen LogP contribution in [0.1, 0.15) is 25.5 Å². The maximum Gasteiger partial charge on any atom is 0.135 e. The Morgan fingerprint density at radius 3 is 2.52 bits per heavy atom. The molecule has 3 nitrogen and oxygen atoms in total. The number of nitrogens with one attached hydrogen (secondary N) is 1. The van der Waals surface area contributed by atoms with E-state index in [4.69, 9.17) is 9.47 Å². The lowest BCUT2D eigenvalue weighted by Gasteiger charge is -2.20. The van der Waals surface area contributed by atoms with Crippen molar-refractivity contribution < 1.29 is 9.47 Å². The first-order valence-electron chi connectivity index (χ1n) is 6.99. The third-order valence-electron chi connectivity index (χ3n) is 3.21. The number of halogens is 1. The maximum absolute atomic E-state index is 6.08. The van der Waals surface area contributed by atoms with E-state index < -0.39 is 0 Å². The lowest BCUT2D eigenvalue weighted by Crippen LogP contribution is -2.19. The van der Waals surface area contributed by atoms with Crippen molar-refractivity contribution in [1.82, 2.24) is 5.32 Å². The molecule has 0 aliphatic heterocycles. The van der Waals surface area contributed by atoms with Gasteiger partial charge in [0.15, 0.2) is 0 Å². The van der Waals surface area contributed by atoms with Crippen molar-refractivity contribution in [2.45, 2.75) is 19.9 Å². The first-order valence-corrected chi connectivity index (χ1v) is 8.07. The minimum absolute atomic E-state index is 0.156. The molecule has 0 fully saturated rings. The highest BCUT2D eigenvalue weighted by molar-refractivity contribution is 14.1. The van der Waals surface area contributed by atoms with Crippen LogP contribution in [0.25, 0.3) is 0 Å². The van der Waals surface area contributed by atoms with Crippen LogP contribution in [0.2, 0.25) is 0 Å². The molecule has 1 N–H and O–H groups in total. The molecule has 0 aliphatic carbocycles. The Bertz CT molecular complexity index is 601. The molecule has 0 spiro atoms. The van der Waals surface area contributed by atoms with Crippen LogP contribution in [-0.4, -0.2) is 13.7 Å². The Balaban J connectivity index is 2.38. The van der Waals surface area contributed by atoms with Gasteiger partial charge in [0.2, 0.25) is 0 Å². The standard InChI is InChI=1S/C17H20INO2/c1-4-19-12(2)17-15(20-3)9-6-10-16(17)21-14-8-5-7-13(18)11-14/h5-12,19H,4H2,1-3H3. The SMILES string of the molecule is CCNC(C)c1c(OC)cccc1Oc1cccc(I)c1. The van der Waals surface area contributed by atoms with E-state index in [2.05, 4.69) is 41.8 Å². The minimum Gasteiger partial charge on any atom is -0.496 e. The van der Waals surface area contributed by atoms with E-state index >= 15 is 0 Å². The second kappa shape index (κ2) is 7.66. The lowest BCUT2D eigenvalue weighted by molar-refractivity contribution is 0.391. The Kier molecular flexibility index (Phi) is 5.87. The minimum atomic E-state index is 0.156. The van der Waals surface area contributed by atoms with Crippen LogP contribution < -0.4 is 14.8 Å². The highest BCUT2D eigenvalue weighted by Crippen LogP contribution is 2.36. The van der Waals surface area contributed by atoms with Crippen LogP contribution in [0.4, 0.5) is 0 Å². The van der Waals surface area contributed by atoms with Gasteiger partial charge in [-0.1, -0.05) is 19.1 Å². The Morgan fingerprint density at radius 1 is 1.14 bits per heavy atom. The summed E-state index contributed by atoms with van der Waals surface area (Å²) < 4.78 is 12.7. The average Bonchev–Trinajstić information content (AvgIpc) is 2.47. The zero-order valence-corrected chi connectivity index (χ0v) is 14.7. The van der Waals surface area contributed by atoms with E-state index in [-0.39, 0.29) is 6.04 Å². The van der Waals surface area contributed by atoms with E-state index in [1.165, 1.54) is 0 Å². The molecule has 21 heavy (non-hydrogen) atoms. The zero-order valence-electron chi connectivity index (χ0n) is 12.5. The van der Waals surface area contributed by atoms with Gasteiger partial charge < -0.3 is 14.8 Å². The predicted octanol–water partition coefficient (Wildman–Crippen LogP) is 4.76. The Hall–Kier alpha value is -1.27. The Labute approximate surface area is 139 Å². The normalized spacial score (nSPS) is 12.0. The van der Waals surface area contributed by atoms with Crippen LogP contribution in [0.3, 0.4) is 0 Å². The first kappa shape index (κ1) is 16.1. The van der Waals surface area contributed by atoms with Gasteiger partial charge in [-0.3, -0.25) is 0 Å². The first-order chi connectivity index (χ1) is 10.2. The van der Waals surface area contributed by atoms with Crippen LogP contribution in [-0.2, 0) is 0 Å². The number of methoxy groups -OCH3 is 1. The highest BCUT2D eigenvalue weighted by Gasteiger charge is 2.17.